The summed E-state index contributed by atoms with van der Waals surface area (Å²) in [4.78, 5) is 0. The highest BCUT2D eigenvalue weighted by Crippen LogP contribution is 2.33. The Morgan fingerprint density at radius 3 is 2.93 bits per heavy atom. The van der Waals surface area contributed by atoms with Crippen LogP contribution in [0.1, 0.15) is 18.0 Å². The topological polar surface area (TPSA) is 66.3 Å². The zero-order valence-electron chi connectivity index (χ0n) is 7.90. The van der Waals surface area contributed by atoms with Crippen LogP contribution in [-0.2, 0) is 0 Å². The maximum atomic E-state index is 8.80. The molecular formula is C10H14NO3+. The van der Waals surface area contributed by atoms with Crippen molar-refractivity contribution in [1.29, 1.82) is 0 Å². The molecule has 4 N–H and O–H groups in total. The lowest BCUT2D eigenvalue weighted by atomic mass is 10.0. The Kier molecular flexibility index (Phi) is 2.56. The van der Waals surface area contributed by atoms with Crippen molar-refractivity contribution in [2.24, 2.45) is 0 Å². The lowest BCUT2D eigenvalue weighted by molar-refractivity contribution is -0.428. The molecule has 0 amide bonds. The fourth-order valence-corrected chi connectivity index (χ4v) is 1.49. The van der Waals surface area contributed by atoms with Gasteiger partial charge < -0.3 is 20.3 Å². The molecule has 14 heavy (non-hydrogen) atoms. The third-order valence-electron chi connectivity index (χ3n) is 2.35. The lowest BCUT2D eigenvalue weighted by Crippen LogP contribution is -2.53. The van der Waals surface area contributed by atoms with Crippen LogP contribution in [0, 0.1) is 0 Å². The van der Waals surface area contributed by atoms with E-state index in [-0.39, 0.29) is 12.6 Å². The van der Waals surface area contributed by atoms with E-state index in [1.165, 1.54) is 0 Å². The number of fused-ring (bicyclic) bond motifs is 1. The van der Waals surface area contributed by atoms with Gasteiger partial charge in [0.25, 0.3) is 0 Å². The second kappa shape index (κ2) is 3.86. The van der Waals surface area contributed by atoms with Crippen molar-refractivity contribution in [2.75, 3.05) is 13.4 Å². The van der Waals surface area contributed by atoms with Gasteiger partial charge in [-0.1, -0.05) is 0 Å². The molecule has 76 valence electrons. The van der Waals surface area contributed by atoms with Crippen molar-refractivity contribution < 1.29 is 20.3 Å². The van der Waals surface area contributed by atoms with Gasteiger partial charge in [-0.3, -0.25) is 0 Å². The van der Waals surface area contributed by atoms with E-state index < -0.39 is 0 Å². The minimum atomic E-state index is 0.106. The molecule has 1 aromatic rings. The summed E-state index contributed by atoms with van der Waals surface area (Å²) >= 11 is 0. The molecule has 4 nitrogen and oxygen atoms in total. The van der Waals surface area contributed by atoms with Crippen LogP contribution in [0.4, 0.5) is 0 Å². The minimum absolute atomic E-state index is 0.106. The van der Waals surface area contributed by atoms with E-state index in [9.17, 15) is 0 Å². The van der Waals surface area contributed by atoms with Gasteiger partial charge in [-0.05, 0) is 18.2 Å². The zero-order chi connectivity index (χ0) is 9.97. The van der Waals surface area contributed by atoms with Gasteiger partial charge in [0.15, 0.2) is 11.5 Å². The highest BCUT2D eigenvalue weighted by atomic mass is 16.7. The Balaban J connectivity index is 2.19. The molecule has 0 unspecified atom stereocenters. The van der Waals surface area contributed by atoms with E-state index in [0.717, 1.165) is 17.1 Å². The lowest BCUT2D eigenvalue weighted by Gasteiger charge is -2.07. The fourth-order valence-electron chi connectivity index (χ4n) is 1.49. The molecule has 1 heterocycles. The van der Waals surface area contributed by atoms with Gasteiger partial charge in [-0.2, -0.15) is 0 Å². The molecule has 0 fully saturated rings. The van der Waals surface area contributed by atoms with E-state index in [1.54, 1.807) is 0 Å². The van der Waals surface area contributed by atoms with E-state index in [1.807, 2.05) is 18.2 Å². The Bertz CT molecular complexity index is 327. The summed E-state index contributed by atoms with van der Waals surface area (Å²) in [6, 6.07) is 5.87. The van der Waals surface area contributed by atoms with Gasteiger partial charge in [-0.15, -0.1) is 0 Å². The van der Waals surface area contributed by atoms with Gasteiger partial charge in [-0.25, -0.2) is 0 Å². The number of hydrogen-bond acceptors (Lipinski definition) is 3. The highest BCUT2D eigenvalue weighted by molar-refractivity contribution is 5.44. The van der Waals surface area contributed by atoms with Crippen molar-refractivity contribution >= 4 is 0 Å². The molecule has 1 aromatic carbocycles. The van der Waals surface area contributed by atoms with Crippen LogP contribution in [-0.4, -0.2) is 18.5 Å². The maximum Gasteiger partial charge on any atom is 0.231 e. The monoisotopic (exact) mass is 196 g/mol. The molecule has 1 aliphatic heterocycles. The first-order valence-corrected chi connectivity index (χ1v) is 4.65. The number of aliphatic hydroxyl groups is 1. The second-order valence-corrected chi connectivity index (χ2v) is 3.32. The number of hydrogen-bond donors (Lipinski definition) is 2. The van der Waals surface area contributed by atoms with Crippen LogP contribution in [0.2, 0.25) is 0 Å². The Hall–Kier alpha value is -1.26. The normalized spacial score (nSPS) is 15.6. The summed E-state index contributed by atoms with van der Waals surface area (Å²) in [5.41, 5.74) is 5.04. The molecule has 2 rings (SSSR count). The molecular weight excluding hydrogens is 182 g/mol. The first-order chi connectivity index (χ1) is 6.81. The van der Waals surface area contributed by atoms with Crippen LogP contribution in [0.15, 0.2) is 18.2 Å². The van der Waals surface area contributed by atoms with Gasteiger partial charge in [0.05, 0.1) is 0 Å². The Morgan fingerprint density at radius 2 is 2.14 bits per heavy atom. The smallest absolute Gasteiger partial charge is 0.231 e. The summed E-state index contributed by atoms with van der Waals surface area (Å²) in [5.74, 6) is 1.55. The van der Waals surface area contributed by atoms with Crippen molar-refractivity contribution in [3.8, 4) is 11.5 Å². The molecule has 0 saturated heterocycles. The largest absolute Gasteiger partial charge is 0.454 e. The number of rotatable bonds is 3. The zero-order valence-corrected chi connectivity index (χ0v) is 7.90. The third-order valence-corrected chi connectivity index (χ3v) is 2.35. The molecule has 4 heteroatoms. The number of ether oxygens (including phenoxy) is 2. The van der Waals surface area contributed by atoms with Crippen LogP contribution in [0.5, 0.6) is 11.5 Å². The molecule has 0 bridgehead atoms. The average molecular weight is 196 g/mol. The van der Waals surface area contributed by atoms with Crippen LogP contribution in [0.25, 0.3) is 0 Å². The van der Waals surface area contributed by atoms with Crippen molar-refractivity contribution in [3.63, 3.8) is 0 Å². The van der Waals surface area contributed by atoms with E-state index >= 15 is 0 Å². The van der Waals surface area contributed by atoms with Crippen LogP contribution < -0.4 is 15.2 Å². The Morgan fingerprint density at radius 1 is 1.36 bits per heavy atom. The number of aliphatic hydroxyl groups excluding tert-OH is 1. The molecule has 0 spiro atoms. The molecule has 0 aromatic heterocycles. The summed E-state index contributed by atoms with van der Waals surface area (Å²) in [7, 11) is 0. The predicted molar refractivity (Wildman–Crippen MR) is 49.9 cm³/mol. The maximum absolute atomic E-state index is 8.80. The summed E-state index contributed by atoms with van der Waals surface area (Å²) in [6.07, 6.45) is 0.666. The third kappa shape index (κ3) is 1.66. The first kappa shape index (κ1) is 9.30. The van der Waals surface area contributed by atoms with Gasteiger partial charge in [0.1, 0.15) is 6.04 Å². The number of benzene rings is 1. The Labute approximate surface area is 82.2 Å². The van der Waals surface area contributed by atoms with Crippen molar-refractivity contribution in [3.05, 3.63) is 23.8 Å². The SMILES string of the molecule is [NH3+][C@@H](CCO)c1ccc2c(c1)OCO2. The summed E-state index contributed by atoms with van der Waals surface area (Å²) in [5, 5.41) is 8.80. The summed E-state index contributed by atoms with van der Waals surface area (Å²) in [6.45, 7) is 0.448. The first-order valence-electron chi connectivity index (χ1n) is 4.65. The average Bonchev–Trinajstić information content (AvgIpc) is 2.64. The standard InChI is InChI=1S/C10H13NO3/c11-8(3-4-12)7-1-2-9-10(5-7)14-6-13-9/h1-2,5,8,12H,3-4,6,11H2/p+1/t8-/m0/s1. The molecule has 0 aliphatic carbocycles. The minimum Gasteiger partial charge on any atom is -0.454 e. The van der Waals surface area contributed by atoms with Crippen molar-refractivity contribution in [2.45, 2.75) is 12.5 Å². The quantitative estimate of drug-likeness (QED) is 0.719. The van der Waals surface area contributed by atoms with E-state index in [2.05, 4.69) is 5.73 Å². The van der Waals surface area contributed by atoms with Crippen LogP contribution in [0.3, 0.4) is 0 Å². The predicted octanol–water partition coefficient (Wildman–Crippen LogP) is 0.0807. The molecule has 1 aliphatic rings. The van der Waals surface area contributed by atoms with Crippen molar-refractivity contribution in [1.82, 2.24) is 0 Å². The van der Waals surface area contributed by atoms with Gasteiger partial charge >= 0.3 is 0 Å². The second-order valence-electron chi connectivity index (χ2n) is 3.32. The number of quaternary nitrogens is 1. The highest BCUT2D eigenvalue weighted by Gasteiger charge is 2.16. The summed E-state index contributed by atoms with van der Waals surface area (Å²) < 4.78 is 10.5. The molecule has 1 atom stereocenters. The molecule has 0 radical (unpaired) electrons. The van der Waals surface area contributed by atoms with Gasteiger partial charge in [0, 0.05) is 18.6 Å². The molecule has 0 saturated carbocycles. The fraction of sp³-hybridized carbons (Fsp3) is 0.400. The van der Waals surface area contributed by atoms with E-state index in [4.69, 9.17) is 14.6 Å². The van der Waals surface area contributed by atoms with Crippen LogP contribution >= 0.6 is 0 Å². The van der Waals surface area contributed by atoms with E-state index in [0.29, 0.717) is 13.2 Å². The van der Waals surface area contributed by atoms with Gasteiger partial charge in [0.2, 0.25) is 6.79 Å².